The van der Waals surface area contributed by atoms with Crippen LogP contribution in [0.3, 0.4) is 0 Å². The van der Waals surface area contributed by atoms with E-state index in [0.717, 1.165) is 25.0 Å². The van der Waals surface area contributed by atoms with Crippen molar-refractivity contribution in [2.24, 2.45) is 0 Å². The Morgan fingerprint density at radius 1 is 1.50 bits per heavy atom. The second kappa shape index (κ2) is 5.14. The molecule has 82 valence electrons. The molecule has 0 radical (unpaired) electrons. The summed E-state index contributed by atoms with van der Waals surface area (Å²) < 4.78 is 22.3. The lowest BCUT2D eigenvalue weighted by atomic mass is 10.1. The molecule has 1 rings (SSSR count). The summed E-state index contributed by atoms with van der Waals surface area (Å²) in [5.41, 5.74) is 2.62. The van der Waals surface area contributed by atoms with Gasteiger partial charge in [-0.15, -0.1) is 0 Å². The van der Waals surface area contributed by atoms with Gasteiger partial charge in [-0.3, -0.25) is 0 Å². The second-order valence-corrected chi connectivity index (χ2v) is 6.28. The minimum Gasteiger partial charge on any atom is -0.310 e. The van der Waals surface area contributed by atoms with Crippen LogP contribution in [0.1, 0.15) is 19.8 Å². The van der Waals surface area contributed by atoms with Crippen molar-refractivity contribution in [2.75, 3.05) is 18.1 Å². The van der Waals surface area contributed by atoms with Crippen molar-refractivity contribution in [1.82, 2.24) is 5.32 Å². The molecule has 0 aromatic rings. The van der Waals surface area contributed by atoms with Gasteiger partial charge in [-0.05, 0) is 25.3 Å². The maximum absolute atomic E-state index is 11.1. The zero-order chi connectivity index (χ0) is 10.6. The van der Waals surface area contributed by atoms with Gasteiger partial charge in [0.15, 0.2) is 0 Å². The Kier molecular flexibility index (Phi) is 4.41. The quantitative estimate of drug-likeness (QED) is 0.805. The second-order valence-electron chi connectivity index (χ2n) is 3.76. The van der Waals surface area contributed by atoms with E-state index in [1.807, 2.05) is 6.92 Å². The largest absolute Gasteiger partial charge is 0.310 e. The van der Waals surface area contributed by atoms with Crippen molar-refractivity contribution < 1.29 is 8.42 Å². The van der Waals surface area contributed by atoms with Gasteiger partial charge >= 0.3 is 0 Å². The number of sulfone groups is 1. The third-order valence-corrected chi connectivity index (χ3v) is 4.50. The van der Waals surface area contributed by atoms with Crippen LogP contribution in [0.4, 0.5) is 0 Å². The van der Waals surface area contributed by atoms with E-state index >= 15 is 0 Å². The van der Waals surface area contributed by atoms with E-state index in [0.29, 0.717) is 17.5 Å². The van der Waals surface area contributed by atoms with E-state index < -0.39 is 9.84 Å². The standard InChI is InChI=1S/C9H16ClNO2S/c1-8(6-10)7-11-9-2-4-14(12,13)5-3-9/h6,9,11H,2-5,7H2,1H3. The molecule has 0 saturated carbocycles. The minimum absolute atomic E-state index is 0.314. The van der Waals surface area contributed by atoms with E-state index in [-0.39, 0.29) is 0 Å². The van der Waals surface area contributed by atoms with Crippen LogP contribution in [0.15, 0.2) is 11.1 Å². The number of rotatable bonds is 3. The Balaban J connectivity index is 2.30. The Labute approximate surface area is 90.4 Å². The minimum atomic E-state index is -2.74. The predicted octanol–water partition coefficient (Wildman–Crippen LogP) is 1.30. The van der Waals surface area contributed by atoms with Gasteiger partial charge in [-0.1, -0.05) is 11.6 Å². The topological polar surface area (TPSA) is 46.2 Å². The van der Waals surface area contributed by atoms with E-state index in [9.17, 15) is 8.42 Å². The average molecular weight is 238 g/mol. The van der Waals surface area contributed by atoms with Gasteiger partial charge in [0.05, 0.1) is 11.5 Å². The summed E-state index contributed by atoms with van der Waals surface area (Å²) in [5.74, 6) is 0.628. The van der Waals surface area contributed by atoms with Crippen LogP contribution in [0.2, 0.25) is 0 Å². The van der Waals surface area contributed by atoms with E-state index in [1.165, 1.54) is 0 Å². The molecule has 0 amide bonds. The Morgan fingerprint density at radius 3 is 2.57 bits per heavy atom. The molecule has 0 atom stereocenters. The van der Waals surface area contributed by atoms with Crippen LogP contribution in [0.5, 0.6) is 0 Å². The highest BCUT2D eigenvalue weighted by molar-refractivity contribution is 7.91. The molecule has 1 aliphatic heterocycles. The van der Waals surface area contributed by atoms with Gasteiger partial charge in [0.25, 0.3) is 0 Å². The fraction of sp³-hybridized carbons (Fsp3) is 0.778. The van der Waals surface area contributed by atoms with Crippen molar-refractivity contribution >= 4 is 21.4 Å². The molecule has 0 aromatic carbocycles. The summed E-state index contributed by atoms with van der Waals surface area (Å²) >= 11 is 5.52. The third-order valence-electron chi connectivity index (χ3n) is 2.41. The highest BCUT2D eigenvalue weighted by atomic mass is 35.5. The number of nitrogens with one attached hydrogen (secondary N) is 1. The van der Waals surface area contributed by atoms with E-state index in [2.05, 4.69) is 5.32 Å². The van der Waals surface area contributed by atoms with Gasteiger partial charge in [0.1, 0.15) is 9.84 Å². The Bertz CT molecular complexity index is 297. The van der Waals surface area contributed by atoms with Crippen molar-refractivity contribution in [1.29, 1.82) is 0 Å². The van der Waals surface area contributed by atoms with E-state index in [1.54, 1.807) is 5.54 Å². The van der Waals surface area contributed by atoms with Gasteiger partial charge in [-0.2, -0.15) is 0 Å². The molecule has 14 heavy (non-hydrogen) atoms. The molecular weight excluding hydrogens is 222 g/mol. The number of hydrogen-bond acceptors (Lipinski definition) is 3. The fourth-order valence-corrected chi connectivity index (χ4v) is 3.01. The lowest BCUT2D eigenvalue weighted by molar-refractivity contribution is 0.479. The van der Waals surface area contributed by atoms with Crippen LogP contribution in [0, 0.1) is 0 Å². The van der Waals surface area contributed by atoms with Crippen molar-refractivity contribution in [3.63, 3.8) is 0 Å². The molecule has 0 spiro atoms. The molecule has 1 aliphatic rings. The lowest BCUT2D eigenvalue weighted by Gasteiger charge is -2.23. The van der Waals surface area contributed by atoms with Crippen LogP contribution in [-0.2, 0) is 9.84 Å². The zero-order valence-electron chi connectivity index (χ0n) is 8.29. The van der Waals surface area contributed by atoms with E-state index in [4.69, 9.17) is 11.6 Å². The van der Waals surface area contributed by atoms with Gasteiger partial charge < -0.3 is 5.32 Å². The first-order valence-electron chi connectivity index (χ1n) is 4.73. The predicted molar refractivity (Wildman–Crippen MR) is 59.3 cm³/mol. The highest BCUT2D eigenvalue weighted by Crippen LogP contribution is 2.12. The molecule has 5 heteroatoms. The molecule has 1 N–H and O–H groups in total. The number of hydrogen-bond donors (Lipinski definition) is 1. The summed E-state index contributed by atoms with van der Waals surface area (Å²) in [6.07, 6.45) is 1.44. The van der Waals surface area contributed by atoms with Crippen molar-refractivity contribution in [2.45, 2.75) is 25.8 Å². The summed E-state index contributed by atoms with van der Waals surface area (Å²) in [4.78, 5) is 0. The van der Waals surface area contributed by atoms with Gasteiger partial charge in [0, 0.05) is 18.1 Å². The first kappa shape index (κ1) is 12.0. The fourth-order valence-electron chi connectivity index (χ4n) is 1.44. The first-order chi connectivity index (χ1) is 6.53. The monoisotopic (exact) mass is 237 g/mol. The molecular formula is C9H16ClNO2S. The molecule has 0 bridgehead atoms. The smallest absolute Gasteiger partial charge is 0.150 e. The molecule has 0 unspecified atom stereocenters. The molecule has 1 saturated heterocycles. The molecule has 3 nitrogen and oxygen atoms in total. The summed E-state index contributed by atoms with van der Waals surface area (Å²) in [7, 11) is -2.74. The van der Waals surface area contributed by atoms with Gasteiger partial charge in [-0.25, -0.2) is 8.42 Å². The normalized spacial score (nSPS) is 23.7. The van der Waals surface area contributed by atoms with Gasteiger partial charge in [0.2, 0.25) is 0 Å². The maximum Gasteiger partial charge on any atom is 0.150 e. The van der Waals surface area contributed by atoms with Crippen LogP contribution >= 0.6 is 11.6 Å². The summed E-state index contributed by atoms with van der Waals surface area (Å²) in [6.45, 7) is 2.69. The third kappa shape index (κ3) is 3.98. The first-order valence-corrected chi connectivity index (χ1v) is 6.99. The van der Waals surface area contributed by atoms with Crippen LogP contribution in [-0.4, -0.2) is 32.5 Å². The van der Waals surface area contributed by atoms with Crippen LogP contribution in [0.25, 0.3) is 0 Å². The maximum atomic E-state index is 11.1. The molecule has 1 heterocycles. The van der Waals surface area contributed by atoms with Crippen molar-refractivity contribution in [3.05, 3.63) is 11.1 Å². The summed E-state index contributed by atoms with van der Waals surface area (Å²) in [6, 6.07) is 0.324. The SMILES string of the molecule is CC(=CCl)CNC1CCS(=O)(=O)CC1. The average Bonchev–Trinajstić information content (AvgIpc) is 2.16. The molecule has 1 fully saturated rings. The lowest BCUT2D eigenvalue weighted by Crippen LogP contribution is -2.38. The van der Waals surface area contributed by atoms with Crippen LogP contribution < -0.4 is 5.32 Å². The Hall–Kier alpha value is -0.0600. The number of halogens is 1. The molecule has 0 aliphatic carbocycles. The Morgan fingerprint density at radius 2 is 2.07 bits per heavy atom. The molecule has 0 aromatic heterocycles. The zero-order valence-corrected chi connectivity index (χ0v) is 9.87. The highest BCUT2D eigenvalue weighted by Gasteiger charge is 2.22. The van der Waals surface area contributed by atoms with Crippen molar-refractivity contribution in [3.8, 4) is 0 Å². The summed E-state index contributed by atoms with van der Waals surface area (Å²) in [5, 5.41) is 3.29.